The predicted octanol–water partition coefficient (Wildman–Crippen LogP) is 8.24. The summed E-state index contributed by atoms with van der Waals surface area (Å²) in [6.45, 7) is 4.55. The van der Waals surface area contributed by atoms with Gasteiger partial charge in [-0.15, -0.1) is 0 Å². The highest BCUT2D eigenvalue weighted by atomic mass is 15.2. The first-order valence-electron chi connectivity index (χ1n) is 12.6. The molecule has 166 valence electrons. The van der Waals surface area contributed by atoms with Crippen molar-refractivity contribution in [2.75, 3.05) is 0 Å². The van der Waals surface area contributed by atoms with Crippen molar-refractivity contribution >= 4 is 11.9 Å². The number of nitrogens with zero attached hydrogens (tertiary/aromatic N) is 2. The van der Waals surface area contributed by atoms with E-state index in [9.17, 15) is 0 Å². The van der Waals surface area contributed by atoms with Crippen LogP contribution >= 0.6 is 0 Å². The van der Waals surface area contributed by atoms with Crippen molar-refractivity contribution in [3.05, 3.63) is 71.3 Å². The summed E-state index contributed by atoms with van der Waals surface area (Å²) in [6.07, 6.45) is 16.2. The van der Waals surface area contributed by atoms with Crippen LogP contribution in [0.25, 0.3) is 0 Å². The average Bonchev–Trinajstić information content (AvgIpc) is 2.83. The van der Waals surface area contributed by atoms with Crippen molar-refractivity contribution in [2.45, 2.75) is 84.5 Å². The highest BCUT2D eigenvalue weighted by Crippen LogP contribution is 2.34. The van der Waals surface area contributed by atoms with Crippen LogP contribution in [0.2, 0.25) is 0 Å². The van der Waals surface area contributed by atoms with Crippen LogP contribution < -0.4 is 0 Å². The maximum absolute atomic E-state index is 4.77. The number of benzene rings is 2. The van der Waals surface area contributed by atoms with Gasteiger partial charge in [-0.3, -0.25) is 0 Å². The Bertz CT molecular complexity index is 796. The molecule has 1 aliphatic rings. The van der Waals surface area contributed by atoms with E-state index in [0.717, 1.165) is 11.5 Å². The second-order valence-corrected chi connectivity index (χ2v) is 9.15. The minimum Gasteiger partial charge on any atom is -0.158 e. The molecular formula is C29H40N2. The summed E-state index contributed by atoms with van der Waals surface area (Å²) < 4.78 is 0. The van der Waals surface area contributed by atoms with E-state index in [1.807, 2.05) is 6.21 Å². The molecule has 0 radical (unpaired) electrons. The highest BCUT2D eigenvalue weighted by Gasteiger charge is 2.25. The van der Waals surface area contributed by atoms with Gasteiger partial charge in [-0.05, 0) is 61.1 Å². The minimum atomic E-state index is 0.526. The normalized spacial score (nSPS) is 19.7. The topological polar surface area (TPSA) is 24.7 Å². The Morgan fingerprint density at radius 1 is 0.839 bits per heavy atom. The summed E-state index contributed by atoms with van der Waals surface area (Å²) in [5.74, 6) is 1.44. The lowest BCUT2D eigenvalue weighted by atomic mass is 9.76. The smallest absolute Gasteiger partial charge is 0.0733 e. The highest BCUT2D eigenvalue weighted by molar-refractivity contribution is 6.02. The third kappa shape index (κ3) is 7.76. The van der Waals surface area contributed by atoms with E-state index in [0.29, 0.717) is 5.92 Å². The van der Waals surface area contributed by atoms with Crippen molar-refractivity contribution in [1.82, 2.24) is 0 Å². The van der Waals surface area contributed by atoms with Gasteiger partial charge in [0.2, 0.25) is 0 Å². The summed E-state index contributed by atoms with van der Waals surface area (Å²) in [5, 5.41) is 9.30. The SMILES string of the molecule is CCCCCc1ccc(C=NN=C(c2ccccc2)[C@H]2CC[C@H](CCCC)CC2)cc1. The molecule has 1 saturated carbocycles. The van der Waals surface area contributed by atoms with Crippen molar-refractivity contribution in [2.24, 2.45) is 22.0 Å². The molecule has 1 fully saturated rings. The quantitative estimate of drug-likeness (QED) is 0.200. The lowest BCUT2D eigenvalue weighted by Gasteiger charge is -2.29. The van der Waals surface area contributed by atoms with E-state index in [-0.39, 0.29) is 0 Å². The molecule has 0 heterocycles. The Morgan fingerprint density at radius 2 is 1.55 bits per heavy atom. The van der Waals surface area contributed by atoms with Gasteiger partial charge in [0.1, 0.15) is 0 Å². The zero-order valence-electron chi connectivity index (χ0n) is 19.6. The fourth-order valence-electron chi connectivity index (χ4n) is 4.71. The van der Waals surface area contributed by atoms with E-state index in [2.05, 4.69) is 73.5 Å². The number of hydrogen-bond donors (Lipinski definition) is 0. The van der Waals surface area contributed by atoms with Crippen LogP contribution in [-0.2, 0) is 6.42 Å². The van der Waals surface area contributed by atoms with E-state index >= 15 is 0 Å². The second-order valence-electron chi connectivity index (χ2n) is 9.15. The van der Waals surface area contributed by atoms with Crippen molar-refractivity contribution < 1.29 is 0 Å². The first kappa shape index (κ1) is 23.4. The van der Waals surface area contributed by atoms with Gasteiger partial charge in [0.25, 0.3) is 0 Å². The van der Waals surface area contributed by atoms with Crippen LogP contribution in [0.3, 0.4) is 0 Å². The molecule has 2 nitrogen and oxygen atoms in total. The minimum absolute atomic E-state index is 0.526. The van der Waals surface area contributed by atoms with Crippen LogP contribution in [0.4, 0.5) is 0 Å². The molecule has 0 saturated heterocycles. The molecule has 2 aromatic carbocycles. The third-order valence-electron chi connectivity index (χ3n) is 6.69. The van der Waals surface area contributed by atoms with E-state index in [4.69, 9.17) is 5.10 Å². The van der Waals surface area contributed by atoms with Crippen molar-refractivity contribution in [1.29, 1.82) is 0 Å². The van der Waals surface area contributed by atoms with Crippen molar-refractivity contribution in [3.8, 4) is 0 Å². The second kappa shape index (κ2) is 13.2. The molecule has 0 bridgehead atoms. The predicted molar refractivity (Wildman–Crippen MR) is 135 cm³/mol. The molecule has 0 atom stereocenters. The molecule has 0 amide bonds. The summed E-state index contributed by atoms with van der Waals surface area (Å²) in [4.78, 5) is 0. The number of rotatable bonds is 11. The number of unbranched alkanes of at least 4 members (excludes halogenated alkanes) is 3. The maximum atomic E-state index is 4.77. The maximum Gasteiger partial charge on any atom is 0.0733 e. The summed E-state index contributed by atoms with van der Waals surface area (Å²) in [6, 6.07) is 19.5. The molecular weight excluding hydrogens is 376 g/mol. The lowest BCUT2D eigenvalue weighted by molar-refractivity contribution is 0.301. The van der Waals surface area contributed by atoms with Gasteiger partial charge in [0.15, 0.2) is 0 Å². The van der Waals surface area contributed by atoms with Gasteiger partial charge in [-0.25, -0.2) is 0 Å². The zero-order chi connectivity index (χ0) is 21.7. The molecule has 0 N–H and O–H groups in total. The van der Waals surface area contributed by atoms with Gasteiger partial charge in [-0.2, -0.15) is 10.2 Å². The van der Waals surface area contributed by atoms with Crippen molar-refractivity contribution in [3.63, 3.8) is 0 Å². The third-order valence-corrected chi connectivity index (χ3v) is 6.69. The molecule has 0 aromatic heterocycles. The molecule has 2 heteroatoms. The van der Waals surface area contributed by atoms with E-state index < -0.39 is 0 Å². The van der Waals surface area contributed by atoms with Crippen LogP contribution in [0.5, 0.6) is 0 Å². The molecule has 0 spiro atoms. The van der Waals surface area contributed by atoms with Gasteiger partial charge in [-0.1, -0.05) is 101 Å². The van der Waals surface area contributed by atoms with Gasteiger partial charge >= 0.3 is 0 Å². The Balaban J connectivity index is 1.66. The fourth-order valence-corrected chi connectivity index (χ4v) is 4.71. The molecule has 31 heavy (non-hydrogen) atoms. The zero-order valence-corrected chi connectivity index (χ0v) is 19.6. The van der Waals surface area contributed by atoms with Gasteiger partial charge in [0, 0.05) is 5.92 Å². The average molecular weight is 417 g/mol. The monoisotopic (exact) mass is 416 g/mol. The Morgan fingerprint density at radius 3 is 2.23 bits per heavy atom. The van der Waals surface area contributed by atoms with Crippen LogP contribution in [0.1, 0.15) is 94.7 Å². The van der Waals surface area contributed by atoms with E-state index in [1.165, 1.54) is 87.5 Å². The Hall–Kier alpha value is -2.22. The van der Waals surface area contributed by atoms with Crippen LogP contribution in [0, 0.1) is 11.8 Å². The molecule has 0 unspecified atom stereocenters. The number of hydrogen-bond acceptors (Lipinski definition) is 2. The van der Waals surface area contributed by atoms with Crippen LogP contribution in [-0.4, -0.2) is 11.9 Å². The summed E-state index contributed by atoms with van der Waals surface area (Å²) in [7, 11) is 0. The lowest BCUT2D eigenvalue weighted by Crippen LogP contribution is -2.22. The van der Waals surface area contributed by atoms with Gasteiger partial charge < -0.3 is 0 Å². The molecule has 1 aliphatic carbocycles. The summed E-state index contributed by atoms with van der Waals surface area (Å²) >= 11 is 0. The van der Waals surface area contributed by atoms with E-state index in [1.54, 1.807) is 0 Å². The molecule has 2 aromatic rings. The first-order chi connectivity index (χ1) is 15.3. The van der Waals surface area contributed by atoms with Crippen LogP contribution in [0.15, 0.2) is 64.8 Å². The van der Waals surface area contributed by atoms with Gasteiger partial charge in [0.05, 0.1) is 11.9 Å². The summed E-state index contributed by atoms with van der Waals surface area (Å²) in [5.41, 5.74) is 4.93. The molecule has 3 rings (SSSR count). The first-order valence-corrected chi connectivity index (χ1v) is 12.6. The standard InChI is InChI=1S/C29H40N2/c1-3-5-8-12-25-15-17-26(18-16-25)23-30-31-29(27-13-9-7-10-14-27)28-21-19-24(20-22-28)11-6-4-2/h7,9-10,13-18,23-24,28H,3-6,8,11-12,19-22H2,1-2H3/t24-,28-. The Labute approximate surface area is 189 Å². The molecule has 0 aliphatic heterocycles. The Kier molecular flexibility index (Phi) is 10.0. The number of aryl methyl sites for hydroxylation is 1. The fraction of sp³-hybridized carbons (Fsp3) is 0.517. The largest absolute Gasteiger partial charge is 0.158 e.